The van der Waals surface area contributed by atoms with Gasteiger partial charge in [-0.3, -0.25) is 9.59 Å². The first-order valence-electron chi connectivity index (χ1n) is 9.28. The van der Waals surface area contributed by atoms with Gasteiger partial charge in [0.2, 0.25) is 5.91 Å². The lowest BCUT2D eigenvalue weighted by atomic mass is 9.98. The van der Waals surface area contributed by atoms with Crippen LogP contribution in [0.3, 0.4) is 0 Å². The molecule has 2 amide bonds. The van der Waals surface area contributed by atoms with Gasteiger partial charge in [-0.2, -0.15) is 0 Å². The van der Waals surface area contributed by atoms with Crippen LogP contribution in [0.5, 0.6) is 0 Å². The summed E-state index contributed by atoms with van der Waals surface area (Å²) in [7, 11) is 0. The van der Waals surface area contributed by atoms with Crippen LogP contribution in [0.25, 0.3) is 0 Å². The number of anilines is 1. The summed E-state index contributed by atoms with van der Waals surface area (Å²) < 4.78 is 0. The minimum atomic E-state index is -0.744. The van der Waals surface area contributed by atoms with Crippen molar-refractivity contribution in [3.05, 3.63) is 29.8 Å². The Kier molecular flexibility index (Phi) is 9.53. The van der Waals surface area contributed by atoms with Crippen LogP contribution in [0, 0.1) is 0 Å². The topological polar surface area (TPSA) is 87.5 Å². The molecule has 1 aromatic carbocycles. The average molecular weight is 417 g/mol. The first-order chi connectivity index (χ1) is 12.1. The third kappa shape index (κ3) is 6.35. The second kappa shape index (κ2) is 10.9. The van der Waals surface area contributed by atoms with Crippen molar-refractivity contribution < 1.29 is 9.59 Å². The Morgan fingerprint density at radius 1 is 1.00 bits per heavy atom. The molecule has 1 aliphatic carbocycles. The van der Waals surface area contributed by atoms with Crippen LogP contribution >= 0.6 is 24.8 Å². The van der Waals surface area contributed by atoms with Gasteiger partial charge in [0.05, 0.1) is 5.54 Å². The van der Waals surface area contributed by atoms with Gasteiger partial charge in [0, 0.05) is 24.3 Å². The van der Waals surface area contributed by atoms with Gasteiger partial charge in [0.1, 0.15) is 0 Å². The van der Waals surface area contributed by atoms with E-state index in [1.807, 2.05) is 0 Å². The lowest BCUT2D eigenvalue weighted by Crippen LogP contribution is -2.48. The van der Waals surface area contributed by atoms with Crippen molar-refractivity contribution in [3.63, 3.8) is 0 Å². The lowest BCUT2D eigenvalue weighted by Gasteiger charge is -2.22. The molecule has 0 atom stereocenters. The summed E-state index contributed by atoms with van der Waals surface area (Å²) in [5, 5.41) is 5.82. The molecule has 1 aliphatic heterocycles. The second-order valence-electron chi connectivity index (χ2n) is 7.20. The molecule has 0 unspecified atom stereocenters. The third-order valence-corrected chi connectivity index (χ3v) is 5.27. The molecule has 0 radical (unpaired) electrons. The van der Waals surface area contributed by atoms with E-state index in [0.717, 1.165) is 45.3 Å². The van der Waals surface area contributed by atoms with Crippen LogP contribution in [-0.4, -0.2) is 48.4 Å². The number of amides is 2. The highest BCUT2D eigenvalue weighted by atomic mass is 35.5. The fourth-order valence-corrected chi connectivity index (χ4v) is 3.63. The number of hydrogen-bond acceptors (Lipinski definition) is 4. The van der Waals surface area contributed by atoms with E-state index in [1.54, 1.807) is 24.3 Å². The largest absolute Gasteiger partial charge is 0.351 e. The molecule has 1 aromatic rings. The van der Waals surface area contributed by atoms with Crippen molar-refractivity contribution in [2.75, 3.05) is 31.5 Å². The van der Waals surface area contributed by atoms with Crippen LogP contribution in [0.2, 0.25) is 0 Å². The van der Waals surface area contributed by atoms with Crippen LogP contribution in [0.1, 0.15) is 48.9 Å². The molecule has 2 aliphatic rings. The molecule has 1 saturated carbocycles. The maximum Gasteiger partial charge on any atom is 0.251 e. The molecule has 0 aromatic heterocycles. The summed E-state index contributed by atoms with van der Waals surface area (Å²) in [6.45, 7) is 3.82. The highest BCUT2D eigenvalue weighted by molar-refractivity contribution is 5.99. The molecule has 0 bridgehead atoms. The summed E-state index contributed by atoms with van der Waals surface area (Å²) in [6.07, 6.45) is 5.98. The number of carbonyl (C=O) groups is 2. The Bertz CT molecular complexity index is 613. The van der Waals surface area contributed by atoms with Crippen LogP contribution in [-0.2, 0) is 4.79 Å². The van der Waals surface area contributed by atoms with Gasteiger partial charge in [0.15, 0.2) is 0 Å². The monoisotopic (exact) mass is 416 g/mol. The molecular formula is C19H30Cl2N4O2. The number of benzene rings is 1. The Labute approximate surface area is 173 Å². The Hall–Kier alpha value is -1.34. The van der Waals surface area contributed by atoms with Gasteiger partial charge in [-0.25, -0.2) is 0 Å². The Morgan fingerprint density at radius 3 is 2.19 bits per heavy atom. The summed E-state index contributed by atoms with van der Waals surface area (Å²) in [5.74, 6) is -0.212. The van der Waals surface area contributed by atoms with Crippen LogP contribution in [0.4, 0.5) is 5.69 Å². The van der Waals surface area contributed by atoms with Gasteiger partial charge in [-0.15, -0.1) is 24.8 Å². The van der Waals surface area contributed by atoms with E-state index in [4.69, 9.17) is 5.73 Å². The molecule has 2 fully saturated rings. The Balaban J connectivity index is 0.00000182. The second-order valence-corrected chi connectivity index (χ2v) is 7.20. The van der Waals surface area contributed by atoms with Crippen molar-refractivity contribution in [1.29, 1.82) is 0 Å². The van der Waals surface area contributed by atoms with E-state index in [0.29, 0.717) is 17.8 Å². The van der Waals surface area contributed by atoms with Gasteiger partial charge >= 0.3 is 0 Å². The van der Waals surface area contributed by atoms with E-state index in [-0.39, 0.29) is 36.6 Å². The quantitative estimate of drug-likeness (QED) is 0.664. The maximum atomic E-state index is 12.3. The molecule has 0 spiro atoms. The van der Waals surface area contributed by atoms with Crippen molar-refractivity contribution in [3.8, 4) is 0 Å². The summed E-state index contributed by atoms with van der Waals surface area (Å²) in [5.41, 5.74) is 6.69. The number of nitrogens with zero attached hydrogens (tertiary/aromatic N) is 1. The summed E-state index contributed by atoms with van der Waals surface area (Å²) in [6, 6.07) is 6.98. The minimum absolute atomic E-state index is 0. The lowest BCUT2D eigenvalue weighted by molar-refractivity contribution is -0.121. The van der Waals surface area contributed by atoms with Crippen molar-refractivity contribution in [1.82, 2.24) is 10.2 Å². The zero-order valence-corrected chi connectivity index (χ0v) is 17.2. The summed E-state index contributed by atoms with van der Waals surface area (Å²) >= 11 is 0. The molecular weight excluding hydrogens is 387 g/mol. The smallest absolute Gasteiger partial charge is 0.251 e. The van der Waals surface area contributed by atoms with Crippen molar-refractivity contribution >= 4 is 42.3 Å². The fourth-order valence-electron chi connectivity index (χ4n) is 3.63. The van der Waals surface area contributed by atoms with Gasteiger partial charge < -0.3 is 21.3 Å². The van der Waals surface area contributed by atoms with Gasteiger partial charge in [-0.05, 0) is 63.0 Å². The zero-order valence-electron chi connectivity index (χ0n) is 15.5. The van der Waals surface area contributed by atoms with E-state index < -0.39 is 5.54 Å². The average Bonchev–Trinajstić information content (AvgIpc) is 3.28. The number of carbonyl (C=O) groups excluding carboxylic acids is 2. The normalized spacial score (nSPS) is 18.3. The maximum absolute atomic E-state index is 12.3. The standard InChI is InChI=1S/C19H28N4O2.2ClH/c20-19(9-1-2-10-19)18(25)22-16-7-5-15(6-8-16)17(24)21-11-14-23-12-3-4-13-23;;/h5-8H,1-4,9-14,20H2,(H,21,24)(H,22,25);2*1H. The van der Waals surface area contributed by atoms with Crippen molar-refractivity contribution in [2.24, 2.45) is 5.73 Å². The fraction of sp³-hybridized carbons (Fsp3) is 0.579. The highest BCUT2D eigenvalue weighted by Gasteiger charge is 2.36. The van der Waals surface area contributed by atoms with Crippen molar-refractivity contribution in [2.45, 2.75) is 44.1 Å². The third-order valence-electron chi connectivity index (χ3n) is 5.27. The molecule has 152 valence electrons. The number of halogens is 2. The van der Waals surface area contributed by atoms with E-state index >= 15 is 0 Å². The predicted octanol–water partition coefficient (Wildman–Crippen LogP) is 2.57. The van der Waals surface area contributed by atoms with Crippen LogP contribution in [0.15, 0.2) is 24.3 Å². The van der Waals surface area contributed by atoms with E-state index in [2.05, 4.69) is 15.5 Å². The first kappa shape index (κ1) is 23.7. The van der Waals surface area contributed by atoms with E-state index in [1.165, 1.54) is 12.8 Å². The first-order valence-corrected chi connectivity index (χ1v) is 9.28. The molecule has 27 heavy (non-hydrogen) atoms. The SMILES string of the molecule is Cl.Cl.NC1(C(=O)Nc2ccc(C(=O)NCCN3CCCC3)cc2)CCCC1. The van der Waals surface area contributed by atoms with Crippen LogP contribution < -0.4 is 16.4 Å². The molecule has 1 heterocycles. The number of nitrogens with two attached hydrogens (primary N) is 1. The zero-order chi connectivity index (χ0) is 17.7. The molecule has 6 nitrogen and oxygen atoms in total. The number of rotatable bonds is 6. The van der Waals surface area contributed by atoms with Gasteiger partial charge in [-0.1, -0.05) is 12.8 Å². The number of hydrogen-bond donors (Lipinski definition) is 3. The summed E-state index contributed by atoms with van der Waals surface area (Å²) in [4.78, 5) is 26.8. The predicted molar refractivity (Wildman–Crippen MR) is 113 cm³/mol. The molecule has 8 heteroatoms. The van der Waals surface area contributed by atoms with E-state index in [9.17, 15) is 9.59 Å². The highest BCUT2D eigenvalue weighted by Crippen LogP contribution is 2.28. The minimum Gasteiger partial charge on any atom is -0.351 e. The van der Waals surface area contributed by atoms with Gasteiger partial charge in [0.25, 0.3) is 5.91 Å². The number of nitrogens with one attached hydrogen (secondary N) is 2. The molecule has 3 rings (SSSR count). The molecule has 4 N–H and O–H groups in total. The molecule has 1 saturated heterocycles. The Morgan fingerprint density at radius 2 is 1.59 bits per heavy atom. The number of likely N-dealkylation sites (tertiary alicyclic amines) is 1.